The Balaban J connectivity index is 1.68. The normalized spacial score (nSPS) is 10.7. The number of halogens is 1. The summed E-state index contributed by atoms with van der Waals surface area (Å²) in [6.07, 6.45) is 0. The van der Waals surface area contributed by atoms with Gasteiger partial charge in [-0.2, -0.15) is 0 Å². The van der Waals surface area contributed by atoms with Crippen LogP contribution in [-0.2, 0) is 11.3 Å². The van der Waals surface area contributed by atoms with Gasteiger partial charge in [0.15, 0.2) is 0 Å². The maximum Gasteiger partial charge on any atom is 0.234 e. The molecule has 24 heavy (non-hydrogen) atoms. The molecule has 1 amide bonds. The van der Waals surface area contributed by atoms with Crippen molar-refractivity contribution >= 4 is 17.5 Å². The number of amides is 1. The lowest BCUT2D eigenvalue weighted by Crippen LogP contribution is -2.36. The molecule has 0 unspecified atom stereocenters. The van der Waals surface area contributed by atoms with Crippen LogP contribution >= 0.6 is 11.6 Å². The Bertz CT molecular complexity index is 676. The van der Waals surface area contributed by atoms with E-state index in [1.807, 2.05) is 61.3 Å². The van der Waals surface area contributed by atoms with E-state index in [9.17, 15) is 4.79 Å². The molecule has 0 heterocycles. The first kappa shape index (κ1) is 18.3. The number of para-hydroxylation sites is 1. The van der Waals surface area contributed by atoms with Crippen molar-refractivity contribution in [3.8, 4) is 5.75 Å². The van der Waals surface area contributed by atoms with Crippen LogP contribution < -0.4 is 10.1 Å². The summed E-state index contributed by atoms with van der Waals surface area (Å²) >= 11 is 6.03. The number of carbonyl (C=O) groups is 1. The lowest BCUT2D eigenvalue weighted by molar-refractivity contribution is -0.122. The van der Waals surface area contributed by atoms with E-state index in [-0.39, 0.29) is 5.91 Å². The lowest BCUT2D eigenvalue weighted by atomic mass is 10.1. The monoisotopic (exact) mass is 346 g/mol. The number of nitrogens with one attached hydrogen (secondary N) is 1. The topological polar surface area (TPSA) is 41.6 Å². The minimum Gasteiger partial charge on any atom is -0.491 e. The fourth-order valence-corrected chi connectivity index (χ4v) is 2.45. The maximum absolute atomic E-state index is 12.0. The van der Waals surface area contributed by atoms with Gasteiger partial charge < -0.3 is 10.1 Å². The van der Waals surface area contributed by atoms with Crippen LogP contribution in [0.25, 0.3) is 0 Å². The van der Waals surface area contributed by atoms with Gasteiger partial charge >= 0.3 is 0 Å². The highest BCUT2D eigenvalue weighted by Gasteiger charge is 2.08. The number of hydrogen-bond acceptors (Lipinski definition) is 3. The van der Waals surface area contributed by atoms with Gasteiger partial charge in [0.25, 0.3) is 0 Å². The van der Waals surface area contributed by atoms with Gasteiger partial charge in [0, 0.05) is 13.1 Å². The van der Waals surface area contributed by atoms with Crippen molar-refractivity contribution in [2.24, 2.45) is 0 Å². The van der Waals surface area contributed by atoms with Crippen molar-refractivity contribution in [1.82, 2.24) is 10.2 Å². The van der Waals surface area contributed by atoms with E-state index in [0.717, 1.165) is 5.56 Å². The number of nitrogens with zero attached hydrogens (tertiary/aromatic N) is 1. The first-order valence-corrected chi connectivity index (χ1v) is 8.31. The molecule has 0 atom stereocenters. The third-order valence-corrected chi connectivity index (χ3v) is 4.03. The summed E-state index contributed by atoms with van der Waals surface area (Å²) < 4.78 is 5.63. The molecule has 0 saturated heterocycles. The number of hydrogen-bond donors (Lipinski definition) is 1. The van der Waals surface area contributed by atoms with Gasteiger partial charge in [-0.05, 0) is 37.2 Å². The van der Waals surface area contributed by atoms with Crippen LogP contribution in [0.4, 0.5) is 0 Å². The van der Waals surface area contributed by atoms with Crippen LogP contribution in [-0.4, -0.2) is 37.6 Å². The van der Waals surface area contributed by atoms with Gasteiger partial charge in [0.1, 0.15) is 12.4 Å². The van der Waals surface area contributed by atoms with Crippen molar-refractivity contribution in [3.63, 3.8) is 0 Å². The van der Waals surface area contributed by atoms with E-state index in [1.165, 1.54) is 5.56 Å². The summed E-state index contributed by atoms with van der Waals surface area (Å²) in [5.74, 6) is 0.662. The number of likely N-dealkylation sites (N-methyl/N-ethyl adjacent to an activating group) is 1. The van der Waals surface area contributed by atoms with Crippen molar-refractivity contribution in [2.75, 3.05) is 26.7 Å². The zero-order valence-electron chi connectivity index (χ0n) is 14.1. The Kier molecular flexibility index (Phi) is 7.09. The number of aryl methyl sites for hydroxylation is 1. The van der Waals surface area contributed by atoms with Gasteiger partial charge in [-0.1, -0.05) is 48.0 Å². The quantitative estimate of drug-likeness (QED) is 0.797. The number of ether oxygens (including phenoxy) is 1. The van der Waals surface area contributed by atoms with Gasteiger partial charge in [-0.15, -0.1) is 0 Å². The van der Waals surface area contributed by atoms with Crippen LogP contribution in [0.5, 0.6) is 5.75 Å². The third-order valence-electron chi connectivity index (χ3n) is 3.72. The Morgan fingerprint density at radius 2 is 1.88 bits per heavy atom. The van der Waals surface area contributed by atoms with E-state index in [0.29, 0.717) is 37.0 Å². The molecule has 2 aromatic rings. The zero-order chi connectivity index (χ0) is 17.4. The van der Waals surface area contributed by atoms with Gasteiger partial charge in [-0.25, -0.2) is 0 Å². The van der Waals surface area contributed by atoms with Crippen molar-refractivity contribution < 1.29 is 9.53 Å². The highest BCUT2D eigenvalue weighted by molar-refractivity contribution is 6.32. The zero-order valence-corrected chi connectivity index (χ0v) is 14.8. The average Bonchev–Trinajstić information content (AvgIpc) is 2.56. The Labute approximate surface area is 148 Å². The summed E-state index contributed by atoms with van der Waals surface area (Å²) in [6.45, 7) is 4.04. The fraction of sp³-hybridized carbons (Fsp3) is 0.316. The molecular formula is C19H23ClN2O2. The Hall–Kier alpha value is -2.04. The predicted molar refractivity (Wildman–Crippen MR) is 97.5 cm³/mol. The summed E-state index contributed by atoms with van der Waals surface area (Å²) in [5.41, 5.74) is 2.31. The molecule has 4 nitrogen and oxygen atoms in total. The minimum absolute atomic E-state index is 0.00139. The molecule has 0 saturated carbocycles. The second-order valence-electron chi connectivity index (χ2n) is 5.72. The number of benzene rings is 2. The molecule has 5 heteroatoms. The summed E-state index contributed by atoms with van der Waals surface area (Å²) in [7, 11) is 1.89. The molecule has 0 radical (unpaired) electrons. The molecule has 0 aliphatic heterocycles. The van der Waals surface area contributed by atoms with Crippen molar-refractivity contribution in [3.05, 3.63) is 64.7 Å². The van der Waals surface area contributed by atoms with Crippen LogP contribution in [0.2, 0.25) is 5.02 Å². The molecule has 0 fully saturated rings. The highest BCUT2D eigenvalue weighted by atomic mass is 35.5. The second-order valence-corrected chi connectivity index (χ2v) is 6.13. The number of rotatable bonds is 8. The predicted octanol–water partition coefficient (Wildman–Crippen LogP) is 3.28. The second kappa shape index (κ2) is 9.30. The van der Waals surface area contributed by atoms with E-state index in [4.69, 9.17) is 16.3 Å². The van der Waals surface area contributed by atoms with Gasteiger partial charge in [-0.3, -0.25) is 9.69 Å². The first-order chi connectivity index (χ1) is 11.6. The van der Waals surface area contributed by atoms with E-state index >= 15 is 0 Å². The fourth-order valence-electron chi connectivity index (χ4n) is 2.26. The van der Waals surface area contributed by atoms with Gasteiger partial charge in [0.05, 0.1) is 11.6 Å². The van der Waals surface area contributed by atoms with Crippen LogP contribution in [0.15, 0.2) is 48.5 Å². The molecule has 0 aromatic heterocycles. The summed E-state index contributed by atoms with van der Waals surface area (Å²) in [5, 5.41) is 3.54. The molecule has 1 N–H and O–H groups in total. The molecule has 0 aliphatic rings. The van der Waals surface area contributed by atoms with Crippen LogP contribution in [0.3, 0.4) is 0 Å². The molecule has 2 rings (SSSR count). The van der Waals surface area contributed by atoms with Crippen LogP contribution in [0, 0.1) is 6.92 Å². The lowest BCUT2D eigenvalue weighted by Gasteiger charge is -2.17. The molecule has 0 bridgehead atoms. The van der Waals surface area contributed by atoms with Gasteiger partial charge in [0.2, 0.25) is 5.91 Å². The third kappa shape index (κ3) is 5.87. The maximum atomic E-state index is 12.0. The standard InChI is InChI=1S/C19H23ClN2O2/c1-15-7-3-4-8-16(15)13-21-19(23)14-22(2)11-12-24-18-10-6-5-9-17(18)20/h3-10H,11-14H2,1-2H3,(H,21,23). The largest absolute Gasteiger partial charge is 0.491 e. The summed E-state index contributed by atoms with van der Waals surface area (Å²) in [4.78, 5) is 13.9. The highest BCUT2D eigenvalue weighted by Crippen LogP contribution is 2.22. The molecule has 0 spiro atoms. The summed E-state index contributed by atoms with van der Waals surface area (Å²) in [6, 6.07) is 15.4. The van der Waals surface area contributed by atoms with Crippen molar-refractivity contribution in [2.45, 2.75) is 13.5 Å². The van der Waals surface area contributed by atoms with E-state index < -0.39 is 0 Å². The number of carbonyl (C=O) groups excluding carboxylic acids is 1. The molecular weight excluding hydrogens is 324 g/mol. The van der Waals surface area contributed by atoms with Crippen molar-refractivity contribution in [1.29, 1.82) is 0 Å². The molecule has 0 aliphatic carbocycles. The molecule has 128 valence electrons. The SMILES string of the molecule is Cc1ccccc1CNC(=O)CN(C)CCOc1ccccc1Cl. The Morgan fingerprint density at radius 1 is 1.17 bits per heavy atom. The molecule has 2 aromatic carbocycles. The average molecular weight is 347 g/mol. The van der Waals surface area contributed by atoms with E-state index in [2.05, 4.69) is 5.32 Å². The smallest absolute Gasteiger partial charge is 0.234 e. The first-order valence-electron chi connectivity index (χ1n) is 7.93. The Morgan fingerprint density at radius 3 is 2.62 bits per heavy atom. The van der Waals surface area contributed by atoms with E-state index in [1.54, 1.807) is 6.07 Å². The van der Waals surface area contributed by atoms with Crippen LogP contribution in [0.1, 0.15) is 11.1 Å². The minimum atomic E-state index is -0.00139.